The van der Waals surface area contributed by atoms with Crippen molar-refractivity contribution >= 4 is 26.5 Å². The first-order valence-electron chi connectivity index (χ1n) is 7.47. The van der Waals surface area contributed by atoms with Gasteiger partial charge in [0.2, 0.25) is 5.89 Å². The van der Waals surface area contributed by atoms with E-state index in [0.29, 0.717) is 28.7 Å². The van der Waals surface area contributed by atoms with Crippen molar-refractivity contribution in [3.8, 4) is 0 Å². The summed E-state index contributed by atoms with van der Waals surface area (Å²) < 4.78 is 32.2. The molecule has 0 saturated carbocycles. The highest BCUT2D eigenvalue weighted by molar-refractivity contribution is 7.93. The Hall–Kier alpha value is -2.41. The lowest BCUT2D eigenvalue weighted by Crippen LogP contribution is -2.26. The number of hydrogen-bond donors (Lipinski definition) is 0. The molecule has 7 heteroatoms. The fraction of sp³-hybridized carbons (Fsp3) is 0.250. The molecule has 1 aliphatic heterocycles. The quantitative estimate of drug-likeness (QED) is 0.735. The molecule has 2 heterocycles. The van der Waals surface area contributed by atoms with Crippen molar-refractivity contribution in [1.82, 2.24) is 10.1 Å². The van der Waals surface area contributed by atoms with E-state index in [1.807, 2.05) is 25.1 Å². The standard InChI is InChI=1S/C16H15N3O3S/c1-2-5-14-17-15(22-18-14)10-19-12-8-3-6-11-7-4-9-13(16(11)12)23(19,20)21/h3-4,6-9H,2,5,10H2,1H3. The fourth-order valence-electron chi connectivity index (χ4n) is 2.93. The van der Waals surface area contributed by atoms with Gasteiger partial charge in [-0.2, -0.15) is 4.98 Å². The van der Waals surface area contributed by atoms with Crippen LogP contribution in [0.5, 0.6) is 0 Å². The molecule has 0 saturated heterocycles. The van der Waals surface area contributed by atoms with Gasteiger partial charge < -0.3 is 4.52 Å². The Bertz CT molecular complexity index is 989. The van der Waals surface area contributed by atoms with Crippen LogP contribution in [-0.2, 0) is 23.0 Å². The Morgan fingerprint density at radius 2 is 1.96 bits per heavy atom. The number of anilines is 1. The molecule has 0 radical (unpaired) electrons. The molecular formula is C16H15N3O3S. The topological polar surface area (TPSA) is 76.3 Å². The van der Waals surface area contributed by atoms with Crippen LogP contribution < -0.4 is 4.31 Å². The molecule has 0 unspecified atom stereocenters. The Kier molecular flexibility index (Phi) is 3.12. The summed E-state index contributed by atoms with van der Waals surface area (Å²) in [6.07, 6.45) is 1.62. The first-order valence-corrected chi connectivity index (χ1v) is 8.91. The minimum Gasteiger partial charge on any atom is -0.337 e. The van der Waals surface area contributed by atoms with Crippen LogP contribution in [0.3, 0.4) is 0 Å². The van der Waals surface area contributed by atoms with Gasteiger partial charge in [0.1, 0.15) is 6.54 Å². The van der Waals surface area contributed by atoms with Gasteiger partial charge in [0.15, 0.2) is 5.82 Å². The lowest BCUT2D eigenvalue weighted by atomic mass is 10.1. The molecule has 1 aromatic heterocycles. The number of hydrogen-bond acceptors (Lipinski definition) is 5. The molecule has 0 aliphatic carbocycles. The van der Waals surface area contributed by atoms with Crippen molar-refractivity contribution in [3.05, 3.63) is 48.1 Å². The van der Waals surface area contributed by atoms with Crippen molar-refractivity contribution in [3.63, 3.8) is 0 Å². The summed E-state index contributed by atoms with van der Waals surface area (Å²) in [5, 5.41) is 5.55. The third-order valence-corrected chi connectivity index (χ3v) is 5.75. The third-order valence-electron chi connectivity index (χ3n) is 3.94. The van der Waals surface area contributed by atoms with E-state index in [9.17, 15) is 8.42 Å². The number of aryl methyl sites for hydroxylation is 1. The number of nitrogens with zero attached hydrogens (tertiary/aromatic N) is 3. The van der Waals surface area contributed by atoms with Crippen LogP contribution in [0, 0.1) is 0 Å². The lowest BCUT2D eigenvalue weighted by Gasteiger charge is -2.16. The van der Waals surface area contributed by atoms with Crippen LogP contribution in [0.15, 0.2) is 45.8 Å². The largest absolute Gasteiger partial charge is 0.337 e. The van der Waals surface area contributed by atoms with Crippen molar-refractivity contribution in [1.29, 1.82) is 0 Å². The first kappa shape index (κ1) is 14.2. The summed E-state index contributed by atoms with van der Waals surface area (Å²) >= 11 is 0. The van der Waals surface area contributed by atoms with E-state index in [4.69, 9.17) is 4.52 Å². The smallest absolute Gasteiger partial charge is 0.265 e. The Morgan fingerprint density at radius 3 is 2.74 bits per heavy atom. The molecule has 0 N–H and O–H groups in total. The van der Waals surface area contributed by atoms with Gasteiger partial charge in [0.25, 0.3) is 10.0 Å². The van der Waals surface area contributed by atoms with Gasteiger partial charge in [-0.1, -0.05) is 36.3 Å². The zero-order valence-corrected chi connectivity index (χ0v) is 13.4. The van der Waals surface area contributed by atoms with E-state index in [0.717, 1.165) is 17.2 Å². The molecular weight excluding hydrogens is 314 g/mol. The molecule has 118 valence electrons. The average molecular weight is 329 g/mol. The lowest BCUT2D eigenvalue weighted by molar-refractivity contribution is 0.374. The van der Waals surface area contributed by atoms with Crippen LogP contribution >= 0.6 is 0 Å². The predicted molar refractivity (Wildman–Crippen MR) is 85.6 cm³/mol. The molecule has 0 fully saturated rings. The van der Waals surface area contributed by atoms with E-state index >= 15 is 0 Å². The van der Waals surface area contributed by atoms with Gasteiger partial charge in [-0.3, -0.25) is 4.31 Å². The zero-order chi connectivity index (χ0) is 16.0. The van der Waals surface area contributed by atoms with Gasteiger partial charge >= 0.3 is 0 Å². The minimum atomic E-state index is -3.59. The predicted octanol–water partition coefficient (Wildman–Crippen LogP) is 2.88. The van der Waals surface area contributed by atoms with Gasteiger partial charge in [-0.05, 0) is 23.9 Å². The summed E-state index contributed by atoms with van der Waals surface area (Å²) in [7, 11) is -3.59. The molecule has 23 heavy (non-hydrogen) atoms. The van der Waals surface area contributed by atoms with E-state index in [1.165, 1.54) is 4.31 Å². The number of benzene rings is 2. The SMILES string of the molecule is CCCc1noc(CN2c3cccc4cccc(c34)S2(=O)=O)n1. The normalized spacial score (nSPS) is 15.4. The van der Waals surface area contributed by atoms with Crippen molar-refractivity contribution in [2.45, 2.75) is 31.2 Å². The van der Waals surface area contributed by atoms with Crippen molar-refractivity contribution < 1.29 is 12.9 Å². The molecule has 1 aliphatic rings. The summed E-state index contributed by atoms with van der Waals surface area (Å²) in [6.45, 7) is 2.07. The molecule has 0 amide bonds. The van der Waals surface area contributed by atoms with Crippen LogP contribution in [0.2, 0.25) is 0 Å². The molecule has 0 atom stereocenters. The third kappa shape index (κ3) is 2.11. The summed E-state index contributed by atoms with van der Waals surface area (Å²) in [6, 6.07) is 10.9. The average Bonchev–Trinajstić information content (AvgIpc) is 3.06. The van der Waals surface area contributed by atoms with E-state index in [2.05, 4.69) is 10.1 Å². The maximum absolute atomic E-state index is 12.8. The Balaban J connectivity index is 1.79. The second-order valence-electron chi connectivity index (χ2n) is 5.50. The number of rotatable bonds is 4. The minimum absolute atomic E-state index is 0.0485. The second-order valence-corrected chi connectivity index (χ2v) is 7.33. The summed E-state index contributed by atoms with van der Waals surface area (Å²) in [5.41, 5.74) is 0.661. The van der Waals surface area contributed by atoms with E-state index in [-0.39, 0.29) is 6.54 Å². The summed E-state index contributed by atoms with van der Waals surface area (Å²) in [4.78, 5) is 4.60. The van der Waals surface area contributed by atoms with Crippen molar-refractivity contribution in [2.24, 2.45) is 0 Å². The van der Waals surface area contributed by atoms with E-state index in [1.54, 1.807) is 18.2 Å². The number of aromatic nitrogens is 2. The molecule has 2 aromatic carbocycles. The second kappa shape index (κ2) is 5.06. The van der Waals surface area contributed by atoms with Gasteiger partial charge in [0.05, 0.1) is 10.6 Å². The van der Waals surface area contributed by atoms with Crippen LogP contribution in [0.1, 0.15) is 25.1 Å². The van der Waals surface area contributed by atoms with E-state index < -0.39 is 10.0 Å². The zero-order valence-electron chi connectivity index (χ0n) is 12.6. The maximum atomic E-state index is 12.8. The van der Waals surface area contributed by atoms with Gasteiger partial charge in [-0.15, -0.1) is 0 Å². The molecule has 0 spiro atoms. The first-order chi connectivity index (χ1) is 11.1. The fourth-order valence-corrected chi connectivity index (χ4v) is 4.59. The Morgan fingerprint density at radius 1 is 1.17 bits per heavy atom. The highest BCUT2D eigenvalue weighted by Crippen LogP contribution is 2.42. The van der Waals surface area contributed by atoms with Crippen LogP contribution in [0.4, 0.5) is 5.69 Å². The van der Waals surface area contributed by atoms with Crippen molar-refractivity contribution in [2.75, 3.05) is 4.31 Å². The highest BCUT2D eigenvalue weighted by atomic mass is 32.2. The Labute approximate surface area is 133 Å². The van der Waals surface area contributed by atoms with Gasteiger partial charge in [-0.25, -0.2) is 8.42 Å². The number of sulfonamides is 1. The van der Waals surface area contributed by atoms with Crippen LogP contribution in [-0.4, -0.2) is 18.6 Å². The molecule has 0 bridgehead atoms. The van der Waals surface area contributed by atoms with Gasteiger partial charge in [0, 0.05) is 11.8 Å². The maximum Gasteiger partial charge on any atom is 0.265 e. The molecule has 6 nitrogen and oxygen atoms in total. The molecule has 4 rings (SSSR count). The highest BCUT2D eigenvalue weighted by Gasteiger charge is 2.36. The van der Waals surface area contributed by atoms with Crippen LogP contribution in [0.25, 0.3) is 10.8 Å². The molecule has 3 aromatic rings. The summed E-state index contributed by atoms with van der Waals surface area (Å²) in [5.74, 6) is 0.914. The monoisotopic (exact) mass is 329 g/mol.